The molecule has 0 aromatic carbocycles. The van der Waals surface area contributed by atoms with Gasteiger partial charge >= 0.3 is 0 Å². The van der Waals surface area contributed by atoms with Gasteiger partial charge in [-0.15, -0.1) is 0 Å². The first kappa shape index (κ1) is 18.1. The summed E-state index contributed by atoms with van der Waals surface area (Å²) < 4.78 is 0. The molecule has 1 aliphatic carbocycles. The summed E-state index contributed by atoms with van der Waals surface area (Å²) in [5, 5.41) is 13.0. The SMILES string of the molecule is CCc1cc(N2CCCC(NC(=O)[C@@]3(N)C[C@H](O)C3(C)C)C2)ncn1. The van der Waals surface area contributed by atoms with Crippen molar-refractivity contribution in [1.29, 1.82) is 0 Å². The number of nitrogens with zero attached hydrogens (tertiary/aromatic N) is 3. The molecule has 7 nitrogen and oxygen atoms in total. The summed E-state index contributed by atoms with van der Waals surface area (Å²) in [5.41, 5.74) is 5.72. The van der Waals surface area contributed by atoms with Gasteiger partial charge in [-0.3, -0.25) is 4.79 Å². The van der Waals surface area contributed by atoms with E-state index in [2.05, 4.69) is 27.1 Å². The zero-order valence-electron chi connectivity index (χ0n) is 15.3. The minimum Gasteiger partial charge on any atom is -0.392 e. The fraction of sp³-hybridized carbons (Fsp3) is 0.722. The normalized spacial score (nSPS) is 31.3. The van der Waals surface area contributed by atoms with Crippen molar-refractivity contribution in [1.82, 2.24) is 15.3 Å². The van der Waals surface area contributed by atoms with E-state index in [-0.39, 0.29) is 11.9 Å². The Labute approximate surface area is 149 Å². The van der Waals surface area contributed by atoms with E-state index in [1.54, 1.807) is 6.33 Å². The third-order valence-corrected chi connectivity index (χ3v) is 6.06. The van der Waals surface area contributed by atoms with E-state index in [1.165, 1.54) is 0 Å². The molecule has 2 aliphatic rings. The lowest BCUT2D eigenvalue weighted by Crippen LogP contribution is -2.76. The molecule has 1 saturated heterocycles. The monoisotopic (exact) mass is 347 g/mol. The molecule has 7 heteroatoms. The summed E-state index contributed by atoms with van der Waals surface area (Å²) in [6, 6.07) is 2.05. The number of anilines is 1. The Morgan fingerprint density at radius 2 is 2.24 bits per heavy atom. The van der Waals surface area contributed by atoms with E-state index >= 15 is 0 Å². The maximum atomic E-state index is 12.7. The average Bonchev–Trinajstić information content (AvgIpc) is 2.61. The number of nitrogens with two attached hydrogens (primary N) is 1. The van der Waals surface area contributed by atoms with Gasteiger partial charge in [-0.05, 0) is 19.3 Å². The van der Waals surface area contributed by atoms with Crippen LogP contribution in [0.25, 0.3) is 0 Å². The molecule has 1 unspecified atom stereocenters. The van der Waals surface area contributed by atoms with Crippen LogP contribution in [0.5, 0.6) is 0 Å². The van der Waals surface area contributed by atoms with Crippen molar-refractivity contribution in [2.75, 3.05) is 18.0 Å². The van der Waals surface area contributed by atoms with Crippen LogP contribution in [-0.2, 0) is 11.2 Å². The maximum Gasteiger partial charge on any atom is 0.241 e. The van der Waals surface area contributed by atoms with Crippen molar-refractivity contribution >= 4 is 11.7 Å². The van der Waals surface area contributed by atoms with Gasteiger partial charge < -0.3 is 21.1 Å². The summed E-state index contributed by atoms with van der Waals surface area (Å²) in [4.78, 5) is 23.5. The molecule has 1 aromatic heterocycles. The van der Waals surface area contributed by atoms with Crippen molar-refractivity contribution in [2.45, 2.75) is 64.1 Å². The van der Waals surface area contributed by atoms with Gasteiger partial charge in [0.25, 0.3) is 0 Å². The summed E-state index contributed by atoms with van der Waals surface area (Å²) in [6.07, 6.45) is 4.17. The van der Waals surface area contributed by atoms with Crippen molar-refractivity contribution in [2.24, 2.45) is 11.1 Å². The Bertz CT molecular complexity index is 650. The minimum atomic E-state index is -1.00. The van der Waals surface area contributed by atoms with Gasteiger partial charge in [-0.2, -0.15) is 0 Å². The van der Waals surface area contributed by atoms with Gasteiger partial charge in [0.1, 0.15) is 17.7 Å². The first-order valence-corrected chi connectivity index (χ1v) is 9.11. The number of aromatic nitrogens is 2. The molecular weight excluding hydrogens is 318 g/mol. The van der Waals surface area contributed by atoms with Gasteiger partial charge in [0.2, 0.25) is 5.91 Å². The molecule has 3 atom stereocenters. The zero-order valence-corrected chi connectivity index (χ0v) is 15.3. The lowest BCUT2D eigenvalue weighted by molar-refractivity contribution is -0.159. The number of hydrogen-bond donors (Lipinski definition) is 3. The Morgan fingerprint density at radius 1 is 1.48 bits per heavy atom. The van der Waals surface area contributed by atoms with E-state index in [0.717, 1.165) is 37.3 Å². The first-order chi connectivity index (χ1) is 11.8. The Morgan fingerprint density at radius 3 is 2.88 bits per heavy atom. The molecule has 1 aromatic rings. The van der Waals surface area contributed by atoms with Crippen LogP contribution in [-0.4, -0.2) is 51.8 Å². The van der Waals surface area contributed by atoms with Crippen LogP contribution < -0.4 is 16.0 Å². The van der Waals surface area contributed by atoms with E-state index in [0.29, 0.717) is 13.0 Å². The molecule has 4 N–H and O–H groups in total. The van der Waals surface area contributed by atoms with Crippen LogP contribution >= 0.6 is 0 Å². The molecule has 0 spiro atoms. The predicted octanol–water partition coefficient (Wildman–Crippen LogP) is 0.612. The Hall–Kier alpha value is -1.73. The molecule has 1 saturated carbocycles. The highest BCUT2D eigenvalue weighted by Gasteiger charge is 2.62. The second kappa shape index (κ2) is 6.53. The number of carbonyl (C=O) groups is 1. The third kappa shape index (κ3) is 3.11. The molecule has 1 aliphatic heterocycles. The molecular formula is C18H29N5O2. The van der Waals surface area contributed by atoms with Crippen LogP contribution in [0.1, 0.15) is 45.7 Å². The molecule has 25 heavy (non-hydrogen) atoms. The number of hydrogen-bond acceptors (Lipinski definition) is 6. The fourth-order valence-electron chi connectivity index (χ4n) is 3.74. The van der Waals surface area contributed by atoms with E-state index in [1.807, 2.05) is 19.9 Å². The molecule has 2 heterocycles. The number of rotatable bonds is 4. The summed E-state index contributed by atoms with van der Waals surface area (Å²) >= 11 is 0. The lowest BCUT2D eigenvalue weighted by Gasteiger charge is -2.56. The van der Waals surface area contributed by atoms with Crippen molar-refractivity contribution in [3.63, 3.8) is 0 Å². The zero-order chi connectivity index (χ0) is 18.2. The molecule has 0 radical (unpaired) electrons. The van der Waals surface area contributed by atoms with Gasteiger partial charge in [0.05, 0.1) is 6.10 Å². The topological polar surface area (TPSA) is 104 Å². The number of nitrogens with one attached hydrogen (secondary N) is 1. The second-order valence-corrected chi connectivity index (χ2v) is 7.89. The quantitative estimate of drug-likeness (QED) is 0.737. The lowest BCUT2D eigenvalue weighted by atomic mass is 9.54. The molecule has 1 amide bonds. The number of amides is 1. The van der Waals surface area contributed by atoms with Gasteiger partial charge in [0, 0.05) is 42.7 Å². The highest BCUT2D eigenvalue weighted by molar-refractivity contribution is 5.89. The number of carbonyl (C=O) groups excluding carboxylic acids is 1. The maximum absolute atomic E-state index is 12.7. The average molecular weight is 347 g/mol. The van der Waals surface area contributed by atoms with Gasteiger partial charge in [0.15, 0.2) is 0 Å². The summed E-state index contributed by atoms with van der Waals surface area (Å²) in [7, 11) is 0. The number of aliphatic hydroxyl groups is 1. The van der Waals surface area contributed by atoms with Crippen molar-refractivity contribution < 1.29 is 9.90 Å². The molecule has 3 rings (SSSR count). The van der Waals surface area contributed by atoms with Crippen LogP contribution in [0.3, 0.4) is 0 Å². The highest BCUT2D eigenvalue weighted by Crippen LogP contribution is 2.48. The highest BCUT2D eigenvalue weighted by atomic mass is 16.3. The van der Waals surface area contributed by atoms with Crippen molar-refractivity contribution in [3.05, 3.63) is 18.1 Å². The van der Waals surface area contributed by atoms with E-state index in [4.69, 9.17) is 5.73 Å². The van der Waals surface area contributed by atoms with Crippen LogP contribution in [0, 0.1) is 5.41 Å². The fourth-order valence-corrected chi connectivity index (χ4v) is 3.74. The molecule has 0 bridgehead atoms. The van der Waals surface area contributed by atoms with Gasteiger partial charge in [-0.25, -0.2) is 9.97 Å². The Balaban J connectivity index is 1.65. The second-order valence-electron chi connectivity index (χ2n) is 7.89. The first-order valence-electron chi connectivity index (χ1n) is 9.11. The Kier molecular flexibility index (Phi) is 4.72. The summed E-state index contributed by atoms with van der Waals surface area (Å²) in [6.45, 7) is 7.40. The molecule has 138 valence electrons. The van der Waals surface area contributed by atoms with Gasteiger partial charge in [-0.1, -0.05) is 20.8 Å². The molecule has 2 fully saturated rings. The minimum absolute atomic E-state index is 0.0373. The number of aliphatic hydroxyl groups excluding tert-OH is 1. The predicted molar refractivity (Wildman–Crippen MR) is 96.1 cm³/mol. The third-order valence-electron chi connectivity index (χ3n) is 6.06. The number of aryl methyl sites for hydroxylation is 1. The van der Waals surface area contributed by atoms with Crippen LogP contribution in [0.4, 0.5) is 5.82 Å². The number of piperidine rings is 1. The van der Waals surface area contributed by atoms with Crippen LogP contribution in [0.15, 0.2) is 12.4 Å². The smallest absolute Gasteiger partial charge is 0.241 e. The largest absolute Gasteiger partial charge is 0.392 e. The standard InChI is InChI=1S/C18H29N5O2/c1-4-12-8-15(21-11-20-12)23-7-5-6-13(10-23)22-16(25)18(19)9-14(24)17(18,2)3/h8,11,13-14,24H,4-7,9-10,19H2,1-3H3,(H,22,25)/t13?,14-,18-/m0/s1. The van der Waals surface area contributed by atoms with E-state index in [9.17, 15) is 9.90 Å². The van der Waals surface area contributed by atoms with E-state index < -0.39 is 17.1 Å². The van der Waals surface area contributed by atoms with Crippen LogP contribution in [0.2, 0.25) is 0 Å². The summed E-state index contributed by atoms with van der Waals surface area (Å²) in [5.74, 6) is 0.749. The van der Waals surface area contributed by atoms with Crippen molar-refractivity contribution in [3.8, 4) is 0 Å².